The molecule has 0 spiro atoms. The molecule has 32 heavy (non-hydrogen) atoms. The summed E-state index contributed by atoms with van der Waals surface area (Å²) in [6.45, 7) is 8.21. The number of carbonyl (C=O) groups is 2. The number of carbonyl (C=O) groups excluding carboxylic acids is 2. The maximum absolute atomic E-state index is 12.1. The topological polar surface area (TPSA) is 98.4 Å². The van der Waals surface area contributed by atoms with Gasteiger partial charge in [0, 0.05) is 11.1 Å². The minimum atomic E-state index is -0.329. The fourth-order valence-electron chi connectivity index (χ4n) is 2.84. The van der Waals surface area contributed by atoms with Crippen LogP contribution in [0, 0.1) is 22.5 Å². The molecule has 7 heteroatoms. The van der Waals surface area contributed by atoms with Gasteiger partial charge in [-0.3, -0.25) is 9.59 Å². The van der Waals surface area contributed by atoms with Gasteiger partial charge in [-0.15, -0.1) is 0 Å². The number of halogens is 1. The van der Waals surface area contributed by atoms with Crippen molar-refractivity contribution >= 4 is 39.3 Å². The number of benzene rings is 2. The Morgan fingerprint density at radius 3 is 1.62 bits per heavy atom. The standard InChI is InChI=1S/C13H15NO2S.C12H15BrO2/c1-9(2)7-12(17-8-14)13(16)10-3-5-11(15)6-4-10;1-8(2)7-11(13)12(15)9-3-5-10(14)6-4-9/h3-6,9,12,15H,7H2,1-2H3;3-6,8,11,14H,7H2,1-2H3. The van der Waals surface area contributed by atoms with Crippen LogP contribution in [0.25, 0.3) is 0 Å². The highest BCUT2D eigenvalue weighted by atomic mass is 79.9. The Bertz CT molecular complexity index is 905. The molecule has 0 aliphatic rings. The van der Waals surface area contributed by atoms with Crippen LogP contribution in [-0.2, 0) is 0 Å². The summed E-state index contributed by atoms with van der Waals surface area (Å²) in [6, 6.07) is 12.5. The van der Waals surface area contributed by atoms with Crippen LogP contribution in [0.4, 0.5) is 0 Å². The maximum atomic E-state index is 12.1. The number of nitriles is 1. The van der Waals surface area contributed by atoms with Gasteiger partial charge >= 0.3 is 0 Å². The van der Waals surface area contributed by atoms with Crippen molar-refractivity contribution in [3.05, 3.63) is 59.7 Å². The molecule has 172 valence electrons. The van der Waals surface area contributed by atoms with Crippen LogP contribution < -0.4 is 0 Å². The zero-order valence-electron chi connectivity index (χ0n) is 18.8. The summed E-state index contributed by atoms with van der Waals surface area (Å²) < 4.78 is 0. The first-order valence-corrected chi connectivity index (χ1v) is 12.2. The monoisotopic (exact) mass is 519 g/mol. The number of phenols is 2. The van der Waals surface area contributed by atoms with Gasteiger partial charge in [0.15, 0.2) is 11.6 Å². The molecule has 0 fully saturated rings. The van der Waals surface area contributed by atoms with Gasteiger partial charge in [0.2, 0.25) is 0 Å². The van der Waals surface area contributed by atoms with Crippen LogP contribution in [0.1, 0.15) is 61.3 Å². The molecule has 2 rings (SSSR count). The molecule has 0 amide bonds. The van der Waals surface area contributed by atoms with Crippen LogP contribution in [0.5, 0.6) is 11.5 Å². The summed E-state index contributed by atoms with van der Waals surface area (Å²) in [5.74, 6) is 1.18. The van der Waals surface area contributed by atoms with Crippen molar-refractivity contribution in [2.75, 3.05) is 0 Å². The lowest BCUT2D eigenvalue weighted by molar-refractivity contribution is 0.0976. The largest absolute Gasteiger partial charge is 0.508 e. The van der Waals surface area contributed by atoms with Crippen molar-refractivity contribution in [3.8, 4) is 16.9 Å². The van der Waals surface area contributed by atoms with E-state index < -0.39 is 0 Å². The Morgan fingerprint density at radius 1 is 0.844 bits per heavy atom. The number of nitrogens with zero attached hydrogens (tertiary/aromatic N) is 1. The number of hydrogen-bond donors (Lipinski definition) is 2. The second kappa shape index (κ2) is 14.0. The quantitative estimate of drug-likeness (QED) is 0.220. The first-order chi connectivity index (χ1) is 15.0. The van der Waals surface area contributed by atoms with E-state index in [-0.39, 0.29) is 33.1 Å². The number of Topliss-reactive ketones (excluding diaryl/α,β-unsaturated/α-hetero) is 2. The van der Waals surface area contributed by atoms with Gasteiger partial charge in [0.1, 0.15) is 16.9 Å². The number of alkyl halides is 1. The predicted octanol–water partition coefficient (Wildman–Crippen LogP) is 6.59. The van der Waals surface area contributed by atoms with Crippen LogP contribution in [0.15, 0.2) is 48.5 Å². The van der Waals surface area contributed by atoms with Gasteiger partial charge in [-0.2, -0.15) is 5.26 Å². The molecular formula is C25H30BrNO4S. The summed E-state index contributed by atoms with van der Waals surface area (Å²) in [4.78, 5) is 23.9. The first-order valence-electron chi connectivity index (χ1n) is 10.4. The van der Waals surface area contributed by atoms with Crippen molar-refractivity contribution in [2.45, 2.75) is 50.6 Å². The lowest BCUT2D eigenvalue weighted by atomic mass is 10.0. The Kier molecular flexibility index (Phi) is 12.1. The van der Waals surface area contributed by atoms with Gasteiger partial charge in [0.25, 0.3) is 0 Å². The normalized spacial score (nSPS) is 12.4. The summed E-state index contributed by atoms with van der Waals surface area (Å²) in [6.07, 6.45) is 1.50. The molecule has 5 nitrogen and oxygen atoms in total. The SMILES string of the molecule is CC(C)CC(Br)C(=O)c1ccc(O)cc1.CC(C)CC(SC#N)C(=O)c1ccc(O)cc1. The van der Waals surface area contributed by atoms with Gasteiger partial charge in [-0.1, -0.05) is 43.6 Å². The van der Waals surface area contributed by atoms with Crippen LogP contribution in [0.2, 0.25) is 0 Å². The van der Waals surface area contributed by atoms with Crippen molar-refractivity contribution in [1.82, 2.24) is 0 Å². The molecule has 2 unspecified atom stereocenters. The van der Waals surface area contributed by atoms with Gasteiger partial charge in [0.05, 0.1) is 10.1 Å². The van der Waals surface area contributed by atoms with E-state index in [1.807, 2.05) is 19.2 Å². The molecule has 2 atom stereocenters. The third-order valence-corrected chi connectivity index (χ3v) is 6.03. The fraction of sp³-hybridized carbons (Fsp3) is 0.400. The molecule has 0 heterocycles. The van der Waals surface area contributed by atoms with Crippen molar-refractivity contribution in [2.24, 2.45) is 11.8 Å². The molecule has 2 aromatic carbocycles. The van der Waals surface area contributed by atoms with E-state index in [4.69, 9.17) is 15.5 Å². The predicted molar refractivity (Wildman–Crippen MR) is 133 cm³/mol. The second-order valence-corrected chi connectivity index (χ2v) is 10.3. The Hall–Kier alpha value is -2.30. The van der Waals surface area contributed by atoms with Crippen molar-refractivity contribution < 1.29 is 19.8 Å². The minimum absolute atomic E-state index is 0.0507. The third-order valence-electron chi connectivity index (χ3n) is 4.44. The fourth-order valence-corrected chi connectivity index (χ4v) is 4.70. The average molecular weight is 520 g/mol. The molecule has 0 saturated carbocycles. The van der Waals surface area contributed by atoms with E-state index in [1.165, 1.54) is 24.3 Å². The van der Waals surface area contributed by atoms with Crippen LogP contribution in [0.3, 0.4) is 0 Å². The molecule has 0 aromatic heterocycles. The lowest BCUT2D eigenvalue weighted by Crippen LogP contribution is -2.19. The van der Waals surface area contributed by atoms with E-state index >= 15 is 0 Å². The van der Waals surface area contributed by atoms with Gasteiger partial charge in [-0.25, -0.2) is 0 Å². The third kappa shape index (κ3) is 9.88. The highest BCUT2D eigenvalue weighted by molar-refractivity contribution is 9.10. The summed E-state index contributed by atoms with van der Waals surface area (Å²) in [5.41, 5.74) is 1.17. The van der Waals surface area contributed by atoms with Crippen LogP contribution in [-0.4, -0.2) is 31.9 Å². The molecular weight excluding hydrogens is 490 g/mol. The molecule has 0 bridgehead atoms. The number of thioether (sulfide) groups is 1. The number of rotatable bonds is 9. The second-order valence-electron chi connectivity index (χ2n) is 8.25. The number of hydrogen-bond acceptors (Lipinski definition) is 6. The van der Waals surface area contributed by atoms with Gasteiger partial charge < -0.3 is 10.2 Å². The Labute approximate surface area is 203 Å². The smallest absolute Gasteiger partial charge is 0.176 e. The number of phenolic OH excluding ortho intramolecular Hbond substituents is 2. The highest BCUT2D eigenvalue weighted by Crippen LogP contribution is 2.23. The summed E-state index contributed by atoms with van der Waals surface area (Å²) >= 11 is 4.39. The molecule has 0 saturated heterocycles. The summed E-state index contributed by atoms with van der Waals surface area (Å²) in [7, 11) is 0. The zero-order chi connectivity index (χ0) is 24.3. The van der Waals surface area contributed by atoms with E-state index in [9.17, 15) is 9.59 Å². The number of aromatic hydroxyl groups is 2. The molecule has 0 aliphatic heterocycles. The molecule has 0 aliphatic carbocycles. The average Bonchev–Trinajstić information content (AvgIpc) is 2.73. The lowest BCUT2D eigenvalue weighted by Gasteiger charge is -2.14. The Morgan fingerprint density at radius 2 is 1.25 bits per heavy atom. The summed E-state index contributed by atoms with van der Waals surface area (Å²) in [5, 5.41) is 28.6. The number of thiocyanates is 1. The highest BCUT2D eigenvalue weighted by Gasteiger charge is 2.22. The van der Waals surface area contributed by atoms with Crippen LogP contribution >= 0.6 is 27.7 Å². The van der Waals surface area contributed by atoms with Crippen molar-refractivity contribution in [1.29, 1.82) is 5.26 Å². The van der Waals surface area contributed by atoms with E-state index in [2.05, 4.69) is 29.8 Å². The molecule has 0 radical (unpaired) electrons. The molecule has 2 aromatic rings. The first kappa shape index (κ1) is 27.7. The van der Waals surface area contributed by atoms with E-state index in [1.54, 1.807) is 24.3 Å². The Balaban J connectivity index is 0.000000323. The maximum Gasteiger partial charge on any atom is 0.176 e. The minimum Gasteiger partial charge on any atom is -0.508 e. The molecule has 2 N–H and O–H groups in total. The van der Waals surface area contributed by atoms with E-state index in [0.717, 1.165) is 18.2 Å². The van der Waals surface area contributed by atoms with Crippen molar-refractivity contribution in [3.63, 3.8) is 0 Å². The number of ketones is 2. The zero-order valence-corrected chi connectivity index (χ0v) is 21.2. The van der Waals surface area contributed by atoms with Gasteiger partial charge in [-0.05, 0) is 85.0 Å². The van der Waals surface area contributed by atoms with E-state index in [0.29, 0.717) is 29.4 Å².